The van der Waals surface area contributed by atoms with E-state index in [-0.39, 0.29) is 12.0 Å². The molecule has 0 bridgehead atoms. The van der Waals surface area contributed by atoms with Crippen molar-refractivity contribution in [2.24, 2.45) is 5.92 Å². The van der Waals surface area contributed by atoms with E-state index < -0.39 is 0 Å². The lowest BCUT2D eigenvalue weighted by Crippen LogP contribution is -2.43. The van der Waals surface area contributed by atoms with E-state index in [0.717, 1.165) is 45.0 Å². The fourth-order valence-corrected chi connectivity index (χ4v) is 3.07. The monoisotopic (exact) mass is 283 g/mol. The summed E-state index contributed by atoms with van der Waals surface area (Å²) < 4.78 is 5.51. The molecule has 0 aromatic rings. The molecule has 5 heteroatoms. The van der Waals surface area contributed by atoms with Gasteiger partial charge in [0, 0.05) is 13.2 Å². The Kier molecular flexibility index (Phi) is 6.76. The standard InChI is InChI=1S/C15H29N3O2/c1-16-7-4-13-5-8-18(9-6-13)12-15(19)17-11-14-3-2-10-20-14/h13-14,16H,2-12H2,1H3,(H,17,19). The van der Waals surface area contributed by atoms with Crippen molar-refractivity contribution < 1.29 is 9.53 Å². The summed E-state index contributed by atoms with van der Waals surface area (Å²) >= 11 is 0. The van der Waals surface area contributed by atoms with Crippen LogP contribution >= 0.6 is 0 Å². The maximum Gasteiger partial charge on any atom is 0.234 e. The molecule has 2 saturated heterocycles. The minimum atomic E-state index is 0.147. The Morgan fingerprint density at radius 1 is 1.30 bits per heavy atom. The van der Waals surface area contributed by atoms with Crippen LogP contribution in [-0.2, 0) is 9.53 Å². The molecular weight excluding hydrogens is 254 g/mol. The molecule has 0 aliphatic carbocycles. The Labute approximate surface area is 122 Å². The zero-order chi connectivity index (χ0) is 14.2. The highest BCUT2D eigenvalue weighted by Crippen LogP contribution is 2.19. The molecule has 2 aliphatic rings. The lowest BCUT2D eigenvalue weighted by molar-refractivity contribution is -0.123. The number of ether oxygens (including phenoxy) is 1. The number of piperidine rings is 1. The Morgan fingerprint density at radius 3 is 2.75 bits per heavy atom. The van der Waals surface area contributed by atoms with Gasteiger partial charge in [0.05, 0.1) is 12.6 Å². The lowest BCUT2D eigenvalue weighted by Gasteiger charge is -2.31. The number of carbonyl (C=O) groups excluding carboxylic acids is 1. The SMILES string of the molecule is CNCCC1CCN(CC(=O)NCC2CCCO2)CC1. The normalized spacial score (nSPS) is 24.9. The summed E-state index contributed by atoms with van der Waals surface area (Å²) in [4.78, 5) is 14.2. The van der Waals surface area contributed by atoms with E-state index in [1.54, 1.807) is 0 Å². The predicted molar refractivity (Wildman–Crippen MR) is 79.7 cm³/mol. The molecule has 1 atom stereocenters. The van der Waals surface area contributed by atoms with Gasteiger partial charge >= 0.3 is 0 Å². The van der Waals surface area contributed by atoms with E-state index in [4.69, 9.17) is 4.74 Å². The maximum atomic E-state index is 11.9. The molecule has 2 rings (SSSR count). The number of hydrogen-bond donors (Lipinski definition) is 2. The zero-order valence-corrected chi connectivity index (χ0v) is 12.7. The second-order valence-electron chi connectivity index (χ2n) is 6.05. The van der Waals surface area contributed by atoms with Gasteiger partial charge in [-0.2, -0.15) is 0 Å². The van der Waals surface area contributed by atoms with E-state index in [1.807, 2.05) is 7.05 Å². The molecule has 0 spiro atoms. The van der Waals surface area contributed by atoms with Gasteiger partial charge < -0.3 is 15.4 Å². The van der Waals surface area contributed by atoms with Crippen LogP contribution < -0.4 is 10.6 Å². The highest BCUT2D eigenvalue weighted by molar-refractivity contribution is 5.78. The average molecular weight is 283 g/mol. The molecule has 1 unspecified atom stereocenters. The molecule has 0 aromatic carbocycles. The third-order valence-electron chi connectivity index (χ3n) is 4.43. The van der Waals surface area contributed by atoms with Gasteiger partial charge in [0.15, 0.2) is 0 Å². The summed E-state index contributed by atoms with van der Waals surface area (Å²) in [7, 11) is 2.01. The lowest BCUT2D eigenvalue weighted by atomic mass is 9.93. The van der Waals surface area contributed by atoms with Crippen LogP contribution in [0.1, 0.15) is 32.1 Å². The summed E-state index contributed by atoms with van der Waals surface area (Å²) in [6.07, 6.45) is 6.15. The quantitative estimate of drug-likeness (QED) is 0.718. The van der Waals surface area contributed by atoms with Crippen molar-refractivity contribution in [3.05, 3.63) is 0 Å². The van der Waals surface area contributed by atoms with Crippen LogP contribution in [0.2, 0.25) is 0 Å². The van der Waals surface area contributed by atoms with Gasteiger partial charge in [0.2, 0.25) is 5.91 Å². The van der Waals surface area contributed by atoms with Gasteiger partial charge in [0.25, 0.3) is 0 Å². The van der Waals surface area contributed by atoms with Crippen molar-refractivity contribution in [2.75, 3.05) is 46.4 Å². The number of hydrogen-bond acceptors (Lipinski definition) is 4. The first kappa shape index (κ1) is 15.7. The molecular formula is C15H29N3O2. The third-order valence-corrected chi connectivity index (χ3v) is 4.43. The zero-order valence-electron chi connectivity index (χ0n) is 12.7. The van der Waals surface area contributed by atoms with Gasteiger partial charge in [-0.3, -0.25) is 9.69 Å². The number of amides is 1. The number of likely N-dealkylation sites (tertiary alicyclic amines) is 1. The van der Waals surface area contributed by atoms with Crippen molar-refractivity contribution in [3.8, 4) is 0 Å². The molecule has 2 heterocycles. The highest BCUT2D eigenvalue weighted by Gasteiger charge is 2.21. The van der Waals surface area contributed by atoms with E-state index in [1.165, 1.54) is 19.3 Å². The van der Waals surface area contributed by atoms with Crippen LogP contribution in [0.15, 0.2) is 0 Å². The molecule has 1 amide bonds. The van der Waals surface area contributed by atoms with Crippen LogP contribution in [0.25, 0.3) is 0 Å². The van der Waals surface area contributed by atoms with Crippen LogP contribution in [0.3, 0.4) is 0 Å². The first-order valence-corrected chi connectivity index (χ1v) is 8.03. The summed E-state index contributed by atoms with van der Waals surface area (Å²) in [6, 6.07) is 0. The van der Waals surface area contributed by atoms with E-state index >= 15 is 0 Å². The van der Waals surface area contributed by atoms with Gasteiger partial charge in [-0.25, -0.2) is 0 Å². The van der Waals surface area contributed by atoms with Crippen molar-refractivity contribution in [2.45, 2.75) is 38.2 Å². The van der Waals surface area contributed by atoms with E-state index in [2.05, 4.69) is 15.5 Å². The van der Waals surface area contributed by atoms with Crippen LogP contribution in [0.5, 0.6) is 0 Å². The van der Waals surface area contributed by atoms with Crippen LogP contribution in [0, 0.1) is 5.92 Å². The predicted octanol–water partition coefficient (Wildman–Crippen LogP) is 0.603. The van der Waals surface area contributed by atoms with Crippen LogP contribution in [0.4, 0.5) is 0 Å². The molecule has 20 heavy (non-hydrogen) atoms. The van der Waals surface area contributed by atoms with Gasteiger partial charge in [-0.05, 0) is 64.7 Å². The molecule has 2 aliphatic heterocycles. The number of nitrogens with zero attached hydrogens (tertiary/aromatic N) is 1. The van der Waals surface area contributed by atoms with Gasteiger partial charge in [-0.1, -0.05) is 0 Å². The largest absolute Gasteiger partial charge is 0.376 e. The Hall–Kier alpha value is -0.650. The maximum absolute atomic E-state index is 11.9. The third kappa shape index (κ3) is 5.38. The van der Waals surface area contributed by atoms with Crippen molar-refractivity contribution >= 4 is 5.91 Å². The molecule has 0 saturated carbocycles. The Morgan fingerprint density at radius 2 is 2.10 bits per heavy atom. The fraction of sp³-hybridized carbons (Fsp3) is 0.933. The number of nitrogens with one attached hydrogen (secondary N) is 2. The summed E-state index contributed by atoms with van der Waals surface area (Å²) in [6.45, 7) is 5.29. The van der Waals surface area contributed by atoms with Crippen molar-refractivity contribution in [1.82, 2.24) is 15.5 Å². The summed E-state index contributed by atoms with van der Waals surface area (Å²) in [5.41, 5.74) is 0. The fourth-order valence-electron chi connectivity index (χ4n) is 3.07. The minimum absolute atomic E-state index is 0.147. The second kappa shape index (κ2) is 8.60. The van der Waals surface area contributed by atoms with Crippen molar-refractivity contribution in [1.29, 1.82) is 0 Å². The van der Waals surface area contributed by atoms with Gasteiger partial charge in [0.1, 0.15) is 0 Å². The van der Waals surface area contributed by atoms with Crippen molar-refractivity contribution in [3.63, 3.8) is 0 Å². The molecule has 116 valence electrons. The first-order chi connectivity index (χ1) is 9.78. The smallest absolute Gasteiger partial charge is 0.234 e. The van der Waals surface area contributed by atoms with E-state index in [0.29, 0.717) is 13.1 Å². The summed E-state index contributed by atoms with van der Waals surface area (Å²) in [5, 5.41) is 6.21. The topological polar surface area (TPSA) is 53.6 Å². The van der Waals surface area contributed by atoms with Gasteiger partial charge in [-0.15, -0.1) is 0 Å². The highest BCUT2D eigenvalue weighted by atomic mass is 16.5. The van der Waals surface area contributed by atoms with E-state index in [9.17, 15) is 4.79 Å². The summed E-state index contributed by atoms with van der Waals surface area (Å²) in [5.74, 6) is 0.975. The molecule has 2 N–H and O–H groups in total. The minimum Gasteiger partial charge on any atom is -0.376 e. The molecule has 0 radical (unpaired) electrons. The average Bonchev–Trinajstić information content (AvgIpc) is 2.98. The molecule has 0 aromatic heterocycles. The molecule has 5 nitrogen and oxygen atoms in total. The second-order valence-corrected chi connectivity index (χ2v) is 6.05. The first-order valence-electron chi connectivity index (χ1n) is 8.03. The number of rotatable bonds is 7. The number of carbonyl (C=O) groups is 1. The van der Waals surface area contributed by atoms with Crippen LogP contribution in [-0.4, -0.2) is 63.3 Å². The Balaban J connectivity index is 1.56. The Bertz CT molecular complexity index is 285. The molecule has 2 fully saturated rings.